The first-order valence-corrected chi connectivity index (χ1v) is 18.1. The molecular formula is C34H60N10O6. The zero-order chi connectivity index (χ0) is 36.1. The number of hydrogen-bond acceptors (Lipinski definition) is 10. The average Bonchev–Trinajstić information content (AvgIpc) is 3.84. The van der Waals surface area contributed by atoms with Crippen molar-refractivity contribution in [2.75, 3.05) is 52.6 Å². The molecule has 10 N–H and O–H groups in total. The summed E-state index contributed by atoms with van der Waals surface area (Å²) < 4.78 is 11.4. The van der Waals surface area contributed by atoms with Crippen molar-refractivity contribution >= 4 is 23.6 Å². The second-order valence-electron chi connectivity index (χ2n) is 12.2. The van der Waals surface area contributed by atoms with Crippen molar-refractivity contribution in [1.82, 2.24) is 41.2 Å². The molecule has 0 spiro atoms. The summed E-state index contributed by atoms with van der Waals surface area (Å²) in [7, 11) is 0. The molecule has 16 heteroatoms. The molecule has 0 aromatic carbocycles. The lowest BCUT2D eigenvalue weighted by molar-refractivity contribution is -0.129. The van der Waals surface area contributed by atoms with Crippen LogP contribution in [0, 0.1) is 0 Å². The number of carbonyl (C=O) groups is 4. The highest BCUT2D eigenvalue weighted by atomic mass is 16.5. The summed E-state index contributed by atoms with van der Waals surface area (Å²) in [6.07, 6.45) is 15.3. The van der Waals surface area contributed by atoms with Crippen LogP contribution in [-0.4, -0.2) is 108 Å². The van der Waals surface area contributed by atoms with E-state index in [2.05, 4.69) is 41.2 Å². The molecule has 282 valence electrons. The van der Waals surface area contributed by atoms with E-state index in [0.29, 0.717) is 91.1 Å². The molecule has 2 heterocycles. The van der Waals surface area contributed by atoms with Gasteiger partial charge in [0, 0.05) is 76.1 Å². The van der Waals surface area contributed by atoms with E-state index in [-0.39, 0.29) is 36.5 Å². The molecular weight excluding hydrogens is 644 g/mol. The Kier molecular flexibility index (Phi) is 23.6. The van der Waals surface area contributed by atoms with Crippen LogP contribution in [0.3, 0.4) is 0 Å². The number of rotatable bonds is 31. The predicted molar refractivity (Wildman–Crippen MR) is 190 cm³/mol. The fourth-order valence-corrected chi connectivity index (χ4v) is 5.03. The molecule has 2 rings (SSSR count). The Labute approximate surface area is 295 Å². The number of carbonyl (C=O) groups excluding carboxylic acids is 4. The normalized spacial score (nSPS) is 12.3. The molecule has 0 aliphatic carbocycles. The van der Waals surface area contributed by atoms with Crippen LogP contribution in [0.4, 0.5) is 0 Å². The monoisotopic (exact) mass is 704 g/mol. The van der Waals surface area contributed by atoms with Crippen molar-refractivity contribution in [3.8, 4) is 0 Å². The van der Waals surface area contributed by atoms with E-state index in [1.165, 1.54) is 0 Å². The van der Waals surface area contributed by atoms with Gasteiger partial charge < -0.3 is 52.2 Å². The number of nitrogens with two attached hydrogens (primary N) is 2. The van der Waals surface area contributed by atoms with Crippen LogP contribution in [0.15, 0.2) is 25.0 Å². The molecule has 0 radical (unpaired) electrons. The molecule has 0 saturated carbocycles. The first kappa shape index (κ1) is 42.3. The molecule has 0 fully saturated rings. The molecule has 50 heavy (non-hydrogen) atoms. The number of amides is 4. The van der Waals surface area contributed by atoms with Crippen LogP contribution in [-0.2, 0) is 41.5 Å². The number of nitrogens with zero attached hydrogens (tertiary/aromatic N) is 2. The van der Waals surface area contributed by atoms with Crippen LogP contribution in [0.1, 0.15) is 88.4 Å². The fourth-order valence-electron chi connectivity index (χ4n) is 5.03. The molecule has 2 aromatic heterocycles. The summed E-state index contributed by atoms with van der Waals surface area (Å²) in [4.78, 5) is 64.2. The van der Waals surface area contributed by atoms with Crippen LogP contribution >= 0.6 is 0 Å². The Hall–Kier alpha value is -3.86. The summed E-state index contributed by atoms with van der Waals surface area (Å²) in [6, 6.07) is -1.18. The highest BCUT2D eigenvalue weighted by molar-refractivity contribution is 5.88. The second-order valence-corrected chi connectivity index (χ2v) is 12.2. The molecule has 0 saturated heterocycles. The van der Waals surface area contributed by atoms with E-state index in [1.807, 2.05) is 0 Å². The number of nitrogens with one attached hydrogen (secondary N) is 6. The molecule has 4 amide bonds. The quantitative estimate of drug-likeness (QED) is 0.0512. The van der Waals surface area contributed by atoms with Gasteiger partial charge in [0.1, 0.15) is 12.1 Å². The standard InChI is InChI=1S/C34H60N10O6/c35-15-3-1-9-29(43-31(45)13-11-27-23-37-25-41-27)33(47)39-17-7-21-49-19-5-6-20-50-22-8-18-40-34(48)30(10-2-4-16-36)44-32(46)14-12-28-24-38-26-42-28/h23-26,29-30H,1-22,35-36H2,(H,37,41)(H,38,42)(H,39,47)(H,40,48)(H,43,45)(H,44,46)/t29-,30-/m0/s1. The summed E-state index contributed by atoms with van der Waals surface area (Å²) >= 11 is 0. The molecule has 2 aromatic rings. The summed E-state index contributed by atoms with van der Waals surface area (Å²) in [5.41, 5.74) is 12.9. The van der Waals surface area contributed by atoms with Crippen LogP contribution < -0.4 is 32.7 Å². The van der Waals surface area contributed by atoms with Gasteiger partial charge in [-0.15, -0.1) is 0 Å². The van der Waals surface area contributed by atoms with Crippen LogP contribution in [0.2, 0.25) is 0 Å². The zero-order valence-electron chi connectivity index (χ0n) is 29.5. The third-order valence-corrected chi connectivity index (χ3v) is 7.91. The van der Waals surface area contributed by atoms with E-state index >= 15 is 0 Å². The van der Waals surface area contributed by atoms with Gasteiger partial charge >= 0.3 is 0 Å². The van der Waals surface area contributed by atoms with Crippen molar-refractivity contribution < 1.29 is 28.7 Å². The Morgan fingerprint density at radius 3 is 1.42 bits per heavy atom. The van der Waals surface area contributed by atoms with Crippen LogP contribution in [0.25, 0.3) is 0 Å². The van der Waals surface area contributed by atoms with Crippen molar-refractivity contribution in [2.24, 2.45) is 11.5 Å². The minimum absolute atomic E-state index is 0.176. The Morgan fingerprint density at radius 2 is 1.04 bits per heavy atom. The topological polar surface area (TPSA) is 244 Å². The maximum absolute atomic E-state index is 12.7. The number of ether oxygens (including phenoxy) is 2. The Balaban J connectivity index is 1.48. The second kappa shape index (κ2) is 27.9. The highest BCUT2D eigenvalue weighted by Crippen LogP contribution is 2.05. The van der Waals surface area contributed by atoms with Gasteiger partial charge in [0.05, 0.1) is 12.7 Å². The third-order valence-electron chi connectivity index (χ3n) is 7.91. The SMILES string of the molecule is NCCCC[C@H](NC(=O)CCc1cnc[nH]1)C(=O)NCCCOCCCCOCCCNC(=O)[C@H](CCCCN)NC(=O)CCc1cnc[nH]1. The predicted octanol–water partition coefficient (Wildman–Crippen LogP) is 0.752. The smallest absolute Gasteiger partial charge is 0.242 e. The van der Waals surface area contributed by atoms with Gasteiger partial charge in [-0.05, 0) is 90.1 Å². The van der Waals surface area contributed by atoms with E-state index in [9.17, 15) is 19.2 Å². The van der Waals surface area contributed by atoms with Gasteiger partial charge in [-0.3, -0.25) is 19.2 Å². The minimum Gasteiger partial charge on any atom is -0.381 e. The van der Waals surface area contributed by atoms with Gasteiger partial charge in [-0.1, -0.05) is 0 Å². The number of hydrogen-bond donors (Lipinski definition) is 8. The lowest BCUT2D eigenvalue weighted by atomic mass is 10.1. The summed E-state index contributed by atoms with van der Waals surface area (Å²) in [5.74, 6) is -0.741. The molecule has 0 bridgehead atoms. The third kappa shape index (κ3) is 20.6. The molecule has 0 aliphatic rings. The van der Waals surface area contributed by atoms with Gasteiger partial charge in [0.15, 0.2) is 0 Å². The van der Waals surface area contributed by atoms with Gasteiger partial charge in [-0.2, -0.15) is 0 Å². The number of H-pyrrole nitrogens is 2. The number of aromatic amines is 2. The largest absolute Gasteiger partial charge is 0.381 e. The van der Waals surface area contributed by atoms with Gasteiger partial charge in [0.25, 0.3) is 0 Å². The number of imidazole rings is 2. The molecule has 0 unspecified atom stereocenters. The lowest BCUT2D eigenvalue weighted by Crippen LogP contribution is -2.47. The van der Waals surface area contributed by atoms with E-state index in [0.717, 1.165) is 49.9 Å². The molecule has 0 aliphatic heterocycles. The van der Waals surface area contributed by atoms with Crippen LogP contribution in [0.5, 0.6) is 0 Å². The molecule has 16 nitrogen and oxygen atoms in total. The maximum Gasteiger partial charge on any atom is 0.242 e. The highest BCUT2D eigenvalue weighted by Gasteiger charge is 2.21. The summed E-state index contributed by atoms with van der Waals surface area (Å²) in [5, 5.41) is 11.5. The van der Waals surface area contributed by atoms with Crippen molar-refractivity contribution in [3.63, 3.8) is 0 Å². The lowest BCUT2D eigenvalue weighted by Gasteiger charge is -2.18. The van der Waals surface area contributed by atoms with Crippen molar-refractivity contribution in [2.45, 2.75) is 102 Å². The fraction of sp³-hybridized carbons (Fsp3) is 0.706. The first-order valence-electron chi connectivity index (χ1n) is 18.1. The van der Waals surface area contributed by atoms with E-state index in [4.69, 9.17) is 20.9 Å². The zero-order valence-corrected chi connectivity index (χ0v) is 29.5. The van der Waals surface area contributed by atoms with Gasteiger partial charge in [-0.25, -0.2) is 9.97 Å². The number of aryl methyl sites for hydroxylation is 2. The summed E-state index contributed by atoms with van der Waals surface area (Å²) in [6.45, 7) is 4.24. The van der Waals surface area contributed by atoms with Crippen molar-refractivity contribution in [1.29, 1.82) is 0 Å². The minimum atomic E-state index is -0.590. The maximum atomic E-state index is 12.7. The average molecular weight is 705 g/mol. The van der Waals surface area contributed by atoms with E-state index < -0.39 is 12.1 Å². The molecule has 2 atom stereocenters. The first-order chi connectivity index (χ1) is 24.4. The Morgan fingerprint density at radius 1 is 0.620 bits per heavy atom. The number of unbranched alkanes of at least 4 members (excludes halogenated alkanes) is 3. The number of aromatic nitrogens is 4. The van der Waals surface area contributed by atoms with E-state index in [1.54, 1.807) is 25.0 Å². The van der Waals surface area contributed by atoms with Crippen molar-refractivity contribution in [3.05, 3.63) is 36.4 Å². The Bertz CT molecular complexity index is 1080. The van der Waals surface area contributed by atoms with Gasteiger partial charge in [0.2, 0.25) is 23.6 Å².